The van der Waals surface area contributed by atoms with Gasteiger partial charge >= 0.3 is 5.97 Å². The van der Waals surface area contributed by atoms with Crippen LogP contribution in [0.1, 0.15) is 55.8 Å². The fourth-order valence-electron chi connectivity index (χ4n) is 7.34. The summed E-state index contributed by atoms with van der Waals surface area (Å²) in [7, 11) is 0. The lowest BCUT2D eigenvalue weighted by Gasteiger charge is -2.38. The number of hydrogen-bond donors (Lipinski definition) is 2. The molecule has 4 heterocycles. The molecule has 4 aliphatic heterocycles. The summed E-state index contributed by atoms with van der Waals surface area (Å²) in [5.74, 6) is -3.55. The van der Waals surface area contributed by atoms with Gasteiger partial charge in [0.15, 0.2) is 0 Å². The summed E-state index contributed by atoms with van der Waals surface area (Å²) < 4.78 is 12.4. The molecule has 2 fully saturated rings. The lowest BCUT2D eigenvalue weighted by molar-refractivity contribution is -0.151. The second kappa shape index (κ2) is 13.6. The van der Waals surface area contributed by atoms with Gasteiger partial charge in [-0.2, -0.15) is 0 Å². The van der Waals surface area contributed by atoms with Crippen molar-refractivity contribution in [2.45, 2.75) is 62.4 Å². The smallest absolute Gasteiger partial charge is 0.306 e. The van der Waals surface area contributed by atoms with E-state index in [1.54, 1.807) is 23.1 Å². The van der Waals surface area contributed by atoms with E-state index in [1.807, 2.05) is 66.7 Å². The highest BCUT2D eigenvalue weighted by molar-refractivity contribution is 6.00. The third kappa shape index (κ3) is 5.76. The number of nitrogens with one attached hydrogen (secondary N) is 1. The zero-order valence-electron chi connectivity index (χ0n) is 26.0. The normalized spacial score (nSPS) is 31.0. The van der Waals surface area contributed by atoms with E-state index >= 15 is 0 Å². The maximum absolute atomic E-state index is 14.8. The minimum atomic E-state index is -1.46. The number of esters is 1. The zero-order valence-corrected chi connectivity index (χ0v) is 26.0. The van der Waals surface area contributed by atoms with Gasteiger partial charge in [0.1, 0.15) is 18.2 Å². The van der Waals surface area contributed by atoms with Crippen LogP contribution in [-0.4, -0.2) is 82.6 Å². The van der Waals surface area contributed by atoms with Crippen LogP contribution in [0.3, 0.4) is 0 Å². The SMILES string of the molecule is CCCCN1CC=C[C@]23O[C@@H]4/C=C\CCC(=O)OC[C@@H](c5ccccc5)NC(=O)[C@@H]4[C@H]2C(=O)N([C@H](CO)c2ccccc2)[C@@H]3C1=O. The van der Waals surface area contributed by atoms with E-state index in [4.69, 9.17) is 9.47 Å². The van der Waals surface area contributed by atoms with E-state index in [1.165, 1.54) is 4.90 Å². The molecule has 242 valence electrons. The van der Waals surface area contributed by atoms with Crippen LogP contribution in [0.5, 0.6) is 0 Å². The van der Waals surface area contributed by atoms with Crippen molar-refractivity contribution >= 4 is 23.7 Å². The lowest BCUT2D eigenvalue weighted by Crippen LogP contribution is -2.56. The highest BCUT2D eigenvalue weighted by Gasteiger charge is 2.72. The van der Waals surface area contributed by atoms with Gasteiger partial charge in [-0.15, -0.1) is 0 Å². The van der Waals surface area contributed by atoms with E-state index < -0.39 is 60.1 Å². The predicted molar refractivity (Wildman–Crippen MR) is 169 cm³/mol. The lowest BCUT2D eigenvalue weighted by atomic mass is 9.77. The summed E-state index contributed by atoms with van der Waals surface area (Å²) in [6, 6.07) is 15.8. The van der Waals surface area contributed by atoms with Crippen molar-refractivity contribution in [3.63, 3.8) is 0 Å². The summed E-state index contributed by atoms with van der Waals surface area (Å²) in [6.07, 6.45) is 8.52. The van der Waals surface area contributed by atoms with Gasteiger partial charge in [-0.3, -0.25) is 19.2 Å². The zero-order chi connectivity index (χ0) is 32.3. The summed E-state index contributed by atoms with van der Waals surface area (Å²) >= 11 is 0. The molecule has 4 aliphatic rings. The van der Waals surface area contributed by atoms with Gasteiger partial charge in [0, 0.05) is 19.5 Å². The van der Waals surface area contributed by atoms with E-state index in [9.17, 15) is 24.3 Å². The summed E-state index contributed by atoms with van der Waals surface area (Å²) in [5.41, 5.74) is -0.0253. The molecule has 46 heavy (non-hydrogen) atoms. The summed E-state index contributed by atoms with van der Waals surface area (Å²) in [5, 5.41) is 13.8. The molecule has 0 unspecified atom stereocenters. The van der Waals surface area contributed by atoms with Crippen LogP contribution in [0.4, 0.5) is 0 Å². The number of aliphatic hydroxyl groups is 1. The van der Waals surface area contributed by atoms with Crippen LogP contribution in [0.25, 0.3) is 0 Å². The fourth-order valence-corrected chi connectivity index (χ4v) is 7.34. The first-order valence-corrected chi connectivity index (χ1v) is 16.2. The van der Waals surface area contributed by atoms with E-state index in [2.05, 4.69) is 12.2 Å². The van der Waals surface area contributed by atoms with Crippen molar-refractivity contribution < 1.29 is 33.8 Å². The Morgan fingerprint density at radius 3 is 2.46 bits per heavy atom. The first-order valence-electron chi connectivity index (χ1n) is 16.2. The molecule has 2 aromatic rings. The third-order valence-corrected chi connectivity index (χ3v) is 9.56. The van der Waals surface area contributed by atoms with Crippen molar-refractivity contribution in [3.8, 4) is 0 Å². The number of aliphatic hydroxyl groups excluding tert-OH is 1. The van der Waals surface area contributed by atoms with Gasteiger partial charge in [-0.25, -0.2) is 0 Å². The number of nitrogens with zero attached hydrogens (tertiary/aromatic N) is 2. The Balaban J connectivity index is 1.46. The highest BCUT2D eigenvalue weighted by Crippen LogP contribution is 2.54. The Labute approximate surface area is 269 Å². The average molecular weight is 628 g/mol. The molecule has 0 aliphatic carbocycles. The Morgan fingerprint density at radius 1 is 1.00 bits per heavy atom. The maximum Gasteiger partial charge on any atom is 0.306 e. The number of unbranched alkanes of at least 4 members (excludes halogenated alkanes) is 1. The number of rotatable bonds is 7. The maximum atomic E-state index is 14.8. The van der Waals surface area contributed by atoms with Crippen LogP contribution >= 0.6 is 0 Å². The van der Waals surface area contributed by atoms with Gasteiger partial charge in [-0.1, -0.05) is 98.3 Å². The van der Waals surface area contributed by atoms with Crippen LogP contribution in [0, 0.1) is 11.8 Å². The molecule has 1 spiro atoms. The summed E-state index contributed by atoms with van der Waals surface area (Å²) in [6.45, 7) is 2.42. The summed E-state index contributed by atoms with van der Waals surface area (Å²) in [4.78, 5) is 59.5. The van der Waals surface area contributed by atoms with Crippen molar-refractivity contribution in [3.05, 3.63) is 96.1 Å². The number of allylic oxidation sites excluding steroid dienone is 1. The fraction of sp³-hybridized carbons (Fsp3) is 0.444. The topological polar surface area (TPSA) is 125 Å². The Morgan fingerprint density at radius 2 is 1.74 bits per heavy atom. The van der Waals surface area contributed by atoms with Crippen molar-refractivity contribution in [2.75, 3.05) is 26.3 Å². The molecule has 2 saturated heterocycles. The van der Waals surface area contributed by atoms with Gasteiger partial charge in [0.25, 0.3) is 0 Å². The molecule has 0 saturated carbocycles. The standard InChI is InChI=1S/C36H41N3O7/c1-2-3-20-38-21-12-19-36-31(34(43)39(32(36)35(38)44)27(22-40)25-15-8-5-9-16-25)30-28(46-36)17-10-11-18-29(41)45-23-26(37-33(30)42)24-13-6-4-7-14-24/h4-10,12-17,19,26-28,30-32,40H,2-3,11,18,20-23H2,1H3,(H,37,42)/b17-10-/t26-,27+,28+,30-,31-,32+,36-/m0/s1. The van der Waals surface area contributed by atoms with Crippen LogP contribution in [0.15, 0.2) is 85.0 Å². The number of carbonyl (C=O) groups is 4. The quantitative estimate of drug-likeness (QED) is 0.357. The van der Waals surface area contributed by atoms with E-state index in [0.29, 0.717) is 25.1 Å². The molecule has 0 bridgehead atoms. The molecule has 10 nitrogen and oxygen atoms in total. The molecule has 7 atom stereocenters. The van der Waals surface area contributed by atoms with Gasteiger partial charge in [-0.05, 0) is 24.0 Å². The molecular weight excluding hydrogens is 586 g/mol. The van der Waals surface area contributed by atoms with Gasteiger partial charge in [0.05, 0.1) is 36.6 Å². The van der Waals surface area contributed by atoms with Crippen LogP contribution in [-0.2, 0) is 28.7 Å². The van der Waals surface area contributed by atoms with E-state index in [-0.39, 0.29) is 24.9 Å². The Bertz CT molecular complexity index is 1500. The van der Waals surface area contributed by atoms with Crippen LogP contribution in [0.2, 0.25) is 0 Å². The number of ether oxygens (including phenoxy) is 2. The Kier molecular flexibility index (Phi) is 9.37. The molecule has 2 N–H and O–H groups in total. The monoisotopic (exact) mass is 627 g/mol. The molecular formula is C36H41N3O7. The van der Waals surface area contributed by atoms with Crippen molar-refractivity contribution in [2.24, 2.45) is 11.8 Å². The molecule has 6 rings (SSSR count). The number of carbonyl (C=O) groups excluding carboxylic acids is 4. The molecule has 2 aromatic carbocycles. The second-order valence-corrected chi connectivity index (χ2v) is 12.4. The minimum absolute atomic E-state index is 0.0690. The third-order valence-electron chi connectivity index (χ3n) is 9.56. The van der Waals surface area contributed by atoms with Gasteiger partial charge in [0.2, 0.25) is 17.7 Å². The largest absolute Gasteiger partial charge is 0.463 e. The molecule has 3 amide bonds. The number of fused-ring (bicyclic) bond motifs is 2. The molecule has 10 heteroatoms. The molecule has 0 aromatic heterocycles. The predicted octanol–water partition coefficient (Wildman–Crippen LogP) is 3.25. The highest BCUT2D eigenvalue weighted by atomic mass is 16.5. The number of cyclic esters (lactones) is 1. The number of benzene rings is 2. The molecule has 0 radical (unpaired) electrons. The van der Waals surface area contributed by atoms with E-state index in [0.717, 1.165) is 18.4 Å². The van der Waals surface area contributed by atoms with Crippen molar-refractivity contribution in [1.29, 1.82) is 0 Å². The first kappa shape index (κ1) is 31.7. The Hall–Kier alpha value is -4.28. The average Bonchev–Trinajstić information content (AvgIpc) is 3.46. The minimum Gasteiger partial charge on any atom is -0.463 e. The van der Waals surface area contributed by atoms with Crippen LogP contribution < -0.4 is 5.32 Å². The number of amides is 3. The van der Waals surface area contributed by atoms with Gasteiger partial charge < -0.3 is 29.7 Å². The first-order chi connectivity index (χ1) is 22.4. The van der Waals surface area contributed by atoms with Crippen molar-refractivity contribution in [1.82, 2.24) is 15.1 Å². The number of likely N-dealkylation sites (tertiary alicyclic amines) is 1. The number of hydrogen-bond acceptors (Lipinski definition) is 7. The second-order valence-electron chi connectivity index (χ2n) is 12.4.